The molecule has 17 heavy (non-hydrogen) atoms. The Morgan fingerprint density at radius 1 is 1.47 bits per heavy atom. The highest BCUT2D eigenvalue weighted by molar-refractivity contribution is 6.18. The van der Waals surface area contributed by atoms with E-state index in [-0.39, 0.29) is 22.7 Å². The highest BCUT2D eigenvalue weighted by atomic mass is 35.5. The molecule has 0 amide bonds. The zero-order valence-corrected chi connectivity index (χ0v) is 9.37. The van der Waals surface area contributed by atoms with Gasteiger partial charge in [-0.15, -0.1) is 11.6 Å². The molecule has 1 aromatic carbocycles. The lowest BCUT2D eigenvalue weighted by atomic mass is 9.99. The van der Waals surface area contributed by atoms with E-state index in [2.05, 4.69) is 0 Å². The van der Waals surface area contributed by atoms with Gasteiger partial charge in [-0.1, -0.05) is 0 Å². The van der Waals surface area contributed by atoms with E-state index in [1.165, 1.54) is 6.07 Å². The van der Waals surface area contributed by atoms with Crippen molar-refractivity contribution in [3.63, 3.8) is 0 Å². The molecule has 1 aromatic rings. The summed E-state index contributed by atoms with van der Waals surface area (Å²) < 4.78 is 0. The third-order valence-corrected chi connectivity index (χ3v) is 2.57. The molecule has 6 nitrogen and oxygen atoms in total. The number of hydrogen-bond donors (Lipinski definition) is 2. The van der Waals surface area contributed by atoms with Crippen molar-refractivity contribution >= 4 is 23.6 Å². The lowest BCUT2D eigenvalue weighted by molar-refractivity contribution is -0.384. The molecule has 0 saturated heterocycles. The number of carbonyl (C=O) groups is 1. The Morgan fingerprint density at radius 2 is 2.12 bits per heavy atom. The molecule has 0 aliphatic rings. The fraction of sp³-hybridized carbons (Fsp3) is 0.300. The number of rotatable bonds is 5. The predicted molar refractivity (Wildman–Crippen MR) is 60.2 cm³/mol. The van der Waals surface area contributed by atoms with Crippen LogP contribution in [0.25, 0.3) is 0 Å². The number of halogens is 1. The number of aliphatic hydroxyl groups is 2. The summed E-state index contributed by atoms with van der Waals surface area (Å²) in [4.78, 5) is 20.6. The van der Waals surface area contributed by atoms with E-state index in [0.29, 0.717) is 6.29 Å². The zero-order valence-electron chi connectivity index (χ0n) is 8.62. The SMILES string of the molecule is O=Cc1cc([N+](=O)[O-])ccc1C(O)C(O)CCl. The molecule has 0 radical (unpaired) electrons. The second kappa shape index (κ2) is 5.72. The number of hydrogen-bond acceptors (Lipinski definition) is 5. The molecule has 0 fully saturated rings. The van der Waals surface area contributed by atoms with E-state index in [1.807, 2.05) is 0 Å². The first-order chi connectivity index (χ1) is 8.01. The Balaban J connectivity index is 3.17. The smallest absolute Gasteiger partial charge is 0.270 e. The largest absolute Gasteiger partial charge is 0.389 e. The van der Waals surface area contributed by atoms with Crippen LogP contribution >= 0.6 is 11.6 Å². The summed E-state index contributed by atoms with van der Waals surface area (Å²) >= 11 is 5.37. The van der Waals surface area contributed by atoms with Crippen molar-refractivity contribution in [1.82, 2.24) is 0 Å². The zero-order chi connectivity index (χ0) is 13.0. The van der Waals surface area contributed by atoms with Crippen LogP contribution in [0, 0.1) is 10.1 Å². The number of aliphatic hydroxyl groups excluding tert-OH is 2. The predicted octanol–water partition coefficient (Wildman–Crippen LogP) is 1.04. The van der Waals surface area contributed by atoms with Crippen LogP contribution in [-0.2, 0) is 0 Å². The number of nitro groups is 1. The summed E-state index contributed by atoms with van der Waals surface area (Å²) in [5.74, 6) is -0.212. The average molecular weight is 260 g/mol. The van der Waals surface area contributed by atoms with Crippen LogP contribution in [0.2, 0.25) is 0 Å². The monoisotopic (exact) mass is 259 g/mol. The summed E-state index contributed by atoms with van der Waals surface area (Å²) in [7, 11) is 0. The minimum Gasteiger partial charge on any atom is -0.389 e. The lowest BCUT2D eigenvalue weighted by Crippen LogP contribution is -2.20. The summed E-state index contributed by atoms with van der Waals surface area (Å²) in [6.07, 6.45) is -2.21. The molecule has 2 unspecified atom stereocenters. The fourth-order valence-corrected chi connectivity index (χ4v) is 1.51. The second-order valence-corrected chi connectivity index (χ2v) is 3.66. The Labute approximate surface area is 102 Å². The average Bonchev–Trinajstić information content (AvgIpc) is 2.35. The standard InChI is InChI=1S/C10H10ClNO5/c11-4-9(14)10(15)8-2-1-7(12(16)17)3-6(8)5-13/h1-3,5,9-10,14-15H,4H2. The van der Waals surface area contributed by atoms with Crippen molar-refractivity contribution in [2.75, 3.05) is 5.88 Å². The van der Waals surface area contributed by atoms with Gasteiger partial charge in [0.1, 0.15) is 6.10 Å². The minimum absolute atomic E-state index is 0.0455. The Kier molecular flexibility index (Phi) is 4.56. The molecule has 0 aromatic heterocycles. The molecule has 1 rings (SSSR count). The lowest BCUT2D eigenvalue weighted by Gasteiger charge is -2.16. The van der Waals surface area contributed by atoms with Gasteiger partial charge in [-0.2, -0.15) is 0 Å². The summed E-state index contributed by atoms with van der Waals surface area (Å²) in [6.45, 7) is 0. The maximum Gasteiger partial charge on any atom is 0.270 e. The topological polar surface area (TPSA) is 101 Å². The van der Waals surface area contributed by atoms with E-state index in [0.717, 1.165) is 12.1 Å². The molecule has 0 saturated carbocycles. The molecule has 0 heterocycles. The quantitative estimate of drug-likeness (QED) is 0.356. The molecule has 0 aliphatic heterocycles. The molecule has 92 valence electrons. The Hall–Kier alpha value is -1.50. The normalized spacial score (nSPS) is 14.1. The van der Waals surface area contributed by atoms with Gasteiger partial charge < -0.3 is 10.2 Å². The van der Waals surface area contributed by atoms with E-state index in [9.17, 15) is 25.1 Å². The Morgan fingerprint density at radius 3 is 2.59 bits per heavy atom. The van der Waals surface area contributed by atoms with Gasteiger partial charge in [-0.05, 0) is 11.6 Å². The van der Waals surface area contributed by atoms with Gasteiger partial charge in [-0.3, -0.25) is 14.9 Å². The number of nitro benzene ring substituents is 1. The number of carbonyl (C=O) groups excluding carboxylic acids is 1. The molecule has 0 aliphatic carbocycles. The van der Waals surface area contributed by atoms with Gasteiger partial charge in [0, 0.05) is 17.7 Å². The van der Waals surface area contributed by atoms with Gasteiger partial charge in [-0.25, -0.2) is 0 Å². The molecule has 7 heteroatoms. The van der Waals surface area contributed by atoms with Crippen LogP contribution in [0.4, 0.5) is 5.69 Å². The van der Waals surface area contributed by atoms with Crippen LogP contribution < -0.4 is 0 Å². The van der Waals surface area contributed by atoms with Crippen molar-refractivity contribution in [2.45, 2.75) is 12.2 Å². The Bertz CT molecular complexity index is 437. The van der Waals surface area contributed by atoms with Crippen LogP contribution in [0.5, 0.6) is 0 Å². The van der Waals surface area contributed by atoms with Gasteiger partial charge in [0.05, 0.1) is 16.9 Å². The maximum absolute atomic E-state index is 10.8. The number of alkyl halides is 1. The van der Waals surface area contributed by atoms with E-state index in [4.69, 9.17) is 11.6 Å². The van der Waals surface area contributed by atoms with E-state index < -0.39 is 17.1 Å². The van der Waals surface area contributed by atoms with Gasteiger partial charge in [0.15, 0.2) is 6.29 Å². The van der Waals surface area contributed by atoms with Crippen LogP contribution in [0.15, 0.2) is 18.2 Å². The van der Waals surface area contributed by atoms with Gasteiger partial charge in [0.2, 0.25) is 0 Å². The molecule has 2 N–H and O–H groups in total. The maximum atomic E-state index is 10.8. The number of aldehydes is 1. The van der Waals surface area contributed by atoms with Crippen molar-refractivity contribution < 1.29 is 19.9 Å². The number of benzene rings is 1. The summed E-state index contributed by atoms with van der Waals surface area (Å²) in [6, 6.07) is 3.40. The summed E-state index contributed by atoms with van der Waals surface area (Å²) in [5.41, 5.74) is -0.196. The molecule has 2 atom stereocenters. The minimum atomic E-state index is -1.35. The highest BCUT2D eigenvalue weighted by Crippen LogP contribution is 2.24. The fourth-order valence-electron chi connectivity index (χ4n) is 1.34. The first-order valence-electron chi connectivity index (χ1n) is 4.67. The van der Waals surface area contributed by atoms with Crippen molar-refractivity contribution in [3.8, 4) is 0 Å². The van der Waals surface area contributed by atoms with E-state index in [1.54, 1.807) is 0 Å². The van der Waals surface area contributed by atoms with Crippen molar-refractivity contribution in [2.24, 2.45) is 0 Å². The van der Waals surface area contributed by atoms with E-state index >= 15 is 0 Å². The first kappa shape index (κ1) is 13.6. The third-order valence-electron chi connectivity index (χ3n) is 2.25. The molecular formula is C10H10ClNO5. The summed E-state index contributed by atoms with van der Waals surface area (Å²) in [5, 5.41) is 29.5. The van der Waals surface area contributed by atoms with Gasteiger partial charge in [0.25, 0.3) is 5.69 Å². The van der Waals surface area contributed by atoms with Gasteiger partial charge >= 0.3 is 0 Å². The molecule has 0 spiro atoms. The third kappa shape index (κ3) is 3.00. The number of non-ortho nitro benzene ring substituents is 1. The highest BCUT2D eigenvalue weighted by Gasteiger charge is 2.22. The number of nitrogens with zero attached hydrogens (tertiary/aromatic N) is 1. The molecular weight excluding hydrogens is 250 g/mol. The first-order valence-corrected chi connectivity index (χ1v) is 5.20. The van der Waals surface area contributed by atoms with Crippen molar-refractivity contribution in [3.05, 3.63) is 39.4 Å². The van der Waals surface area contributed by atoms with Crippen LogP contribution in [0.3, 0.4) is 0 Å². The van der Waals surface area contributed by atoms with Crippen LogP contribution in [-0.4, -0.2) is 33.4 Å². The van der Waals surface area contributed by atoms with Crippen LogP contribution in [0.1, 0.15) is 22.0 Å². The van der Waals surface area contributed by atoms with Crippen molar-refractivity contribution in [1.29, 1.82) is 0 Å². The second-order valence-electron chi connectivity index (χ2n) is 3.35. The molecule has 0 bridgehead atoms.